The van der Waals surface area contributed by atoms with Gasteiger partial charge in [-0.15, -0.1) is 0 Å². The second kappa shape index (κ2) is 6.18. The molecule has 0 aromatic carbocycles. The van der Waals surface area contributed by atoms with Gasteiger partial charge >= 0.3 is 5.97 Å². The summed E-state index contributed by atoms with van der Waals surface area (Å²) in [5.41, 5.74) is 0. The Morgan fingerprint density at radius 2 is 1.89 bits per heavy atom. The van der Waals surface area contributed by atoms with Gasteiger partial charge in [-0.05, 0) is 38.1 Å². The standard InChI is InChI=1S/C13H22N2O3/c16-12(15-6-1-2-7-15)10-14-8-5-11(9-14)3-4-13(17)18/h11H,1-10H2,(H,17,18). The first-order valence-electron chi connectivity index (χ1n) is 6.87. The predicted molar refractivity (Wildman–Crippen MR) is 67.2 cm³/mol. The molecule has 1 atom stereocenters. The van der Waals surface area contributed by atoms with E-state index in [-0.39, 0.29) is 12.3 Å². The van der Waals surface area contributed by atoms with Gasteiger partial charge in [-0.1, -0.05) is 0 Å². The van der Waals surface area contributed by atoms with Crippen molar-refractivity contribution in [2.45, 2.75) is 32.1 Å². The minimum Gasteiger partial charge on any atom is -0.481 e. The van der Waals surface area contributed by atoms with Crippen molar-refractivity contribution >= 4 is 11.9 Å². The number of hydrogen-bond acceptors (Lipinski definition) is 3. The van der Waals surface area contributed by atoms with E-state index in [1.807, 2.05) is 4.90 Å². The van der Waals surface area contributed by atoms with Crippen LogP contribution >= 0.6 is 0 Å². The SMILES string of the molecule is O=C(O)CCC1CCN(CC(=O)N2CCCC2)C1. The van der Waals surface area contributed by atoms with Gasteiger partial charge < -0.3 is 10.0 Å². The van der Waals surface area contributed by atoms with E-state index in [2.05, 4.69) is 4.90 Å². The number of rotatable bonds is 5. The number of carbonyl (C=O) groups is 2. The van der Waals surface area contributed by atoms with E-state index >= 15 is 0 Å². The minimum absolute atomic E-state index is 0.242. The van der Waals surface area contributed by atoms with Crippen LogP contribution in [-0.2, 0) is 9.59 Å². The van der Waals surface area contributed by atoms with E-state index < -0.39 is 5.97 Å². The van der Waals surface area contributed by atoms with Crippen molar-refractivity contribution in [3.63, 3.8) is 0 Å². The summed E-state index contributed by atoms with van der Waals surface area (Å²) in [6, 6.07) is 0. The molecule has 2 aliphatic heterocycles. The van der Waals surface area contributed by atoms with E-state index in [4.69, 9.17) is 5.11 Å². The van der Waals surface area contributed by atoms with Crippen LogP contribution in [0, 0.1) is 5.92 Å². The maximum Gasteiger partial charge on any atom is 0.303 e. The summed E-state index contributed by atoms with van der Waals surface area (Å²) in [7, 11) is 0. The van der Waals surface area contributed by atoms with Gasteiger partial charge in [0.25, 0.3) is 0 Å². The molecule has 18 heavy (non-hydrogen) atoms. The second-order valence-electron chi connectivity index (χ2n) is 5.41. The van der Waals surface area contributed by atoms with Crippen LogP contribution in [0.5, 0.6) is 0 Å². The van der Waals surface area contributed by atoms with Crippen molar-refractivity contribution in [1.82, 2.24) is 9.80 Å². The van der Waals surface area contributed by atoms with Gasteiger partial charge in [-0.25, -0.2) is 0 Å². The van der Waals surface area contributed by atoms with Crippen molar-refractivity contribution in [2.24, 2.45) is 5.92 Å². The number of likely N-dealkylation sites (tertiary alicyclic amines) is 2. The molecule has 1 N–H and O–H groups in total. The summed E-state index contributed by atoms with van der Waals surface area (Å²) in [5, 5.41) is 8.65. The molecule has 102 valence electrons. The van der Waals surface area contributed by atoms with E-state index in [9.17, 15) is 9.59 Å². The molecule has 0 saturated carbocycles. The molecule has 2 saturated heterocycles. The highest BCUT2D eigenvalue weighted by Crippen LogP contribution is 2.21. The lowest BCUT2D eigenvalue weighted by atomic mass is 10.0. The molecule has 0 radical (unpaired) electrons. The molecule has 5 heteroatoms. The fourth-order valence-corrected chi connectivity index (χ4v) is 2.88. The van der Waals surface area contributed by atoms with Gasteiger partial charge in [-0.2, -0.15) is 0 Å². The highest BCUT2D eigenvalue weighted by atomic mass is 16.4. The van der Waals surface area contributed by atoms with E-state index in [0.717, 1.165) is 51.9 Å². The van der Waals surface area contributed by atoms with Gasteiger partial charge in [0.2, 0.25) is 5.91 Å². The van der Waals surface area contributed by atoms with Crippen LogP contribution in [0.3, 0.4) is 0 Å². The molecule has 0 aromatic rings. The number of hydrogen-bond donors (Lipinski definition) is 1. The third kappa shape index (κ3) is 3.70. The van der Waals surface area contributed by atoms with Gasteiger partial charge in [0.1, 0.15) is 0 Å². The monoisotopic (exact) mass is 254 g/mol. The summed E-state index contributed by atoms with van der Waals surface area (Å²) in [4.78, 5) is 26.6. The third-order valence-corrected chi connectivity index (χ3v) is 3.95. The van der Waals surface area contributed by atoms with E-state index in [1.54, 1.807) is 0 Å². The van der Waals surface area contributed by atoms with Crippen LogP contribution in [0.25, 0.3) is 0 Å². The fraction of sp³-hybridized carbons (Fsp3) is 0.846. The van der Waals surface area contributed by atoms with Crippen molar-refractivity contribution in [3.8, 4) is 0 Å². The average Bonchev–Trinajstić information content (AvgIpc) is 2.97. The van der Waals surface area contributed by atoms with Gasteiger partial charge in [0, 0.05) is 26.1 Å². The Morgan fingerprint density at radius 3 is 2.56 bits per heavy atom. The van der Waals surface area contributed by atoms with E-state index in [1.165, 1.54) is 0 Å². The summed E-state index contributed by atoms with van der Waals surface area (Å²) < 4.78 is 0. The molecule has 0 spiro atoms. The Balaban J connectivity index is 1.68. The van der Waals surface area contributed by atoms with Crippen LogP contribution in [0.15, 0.2) is 0 Å². The minimum atomic E-state index is -0.721. The first-order valence-corrected chi connectivity index (χ1v) is 6.87. The lowest BCUT2D eigenvalue weighted by Crippen LogP contribution is -2.38. The zero-order chi connectivity index (χ0) is 13.0. The lowest BCUT2D eigenvalue weighted by Gasteiger charge is -2.20. The van der Waals surface area contributed by atoms with Crippen molar-refractivity contribution in [3.05, 3.63) is 0 Å². The first-order chi connectivity index (χ1) is 8.65. The smallest absolute Gasteiger partial charge is 0.303 e. The number of carbonyl (C=O) groups excluding carboxylic acids is 1. The van der Waals surface area contributed by atoms with Gasteiger partial charge in [0.05, 0.1) is 6.54 Å². The van der Waals surface area contributed by atoms with Crippen molar-refractivity contribution in [2.75, 3.05) is 32.7 Å². The van der Waals surface area contributed by atoms with Crippen LogP contribution in [0.4, 0.5) is 0 Å². The number of carboxylic acids is 1. The highest BCUT2D eigenvalue weighted by Gasteiger charge is 2.26. The zero-order valence-corrected chi connectivity index (χ0v) is 10.8. The molecule has 5 nitrogen and oxygen atoms in total. The molecule has 2 heterocycles. The number of carboxylic acid groups (broad SMARTS) is 1. The zero-order valence-electron chi connectivity index (χ0n) is 10.8. The molecule has 0 aliphatic carbocycles. The van der Waals surface area contributed by atoms with Crippen LogP contribution in [0.1, 0.15) is 32.1 Å². The van der Waals surface area contributed by atoms with Crippen LogP contribution < -0.4 is 0 Å². The molecular formula is C13H22N2O3. The van der Waals surface area contributed by atoms with Crippen LogP contribution in [0.2, 0.25) is 0 Å². The molecule has 0 bridgehead atoms. The highest BCUT2D eigenvalue weighted by molar-refractivity contribution is 5.78. The number of amides is 1. The lowest BCUT2D eigenvalue weighted by molar-refractivity contribution is -0.137. The maximum absolute atomic E-state index is 12.0. The molecule has 2 fully saturated rings. The Labute approximate surface area is 108 Å². The maximum atomic E-state index is 12.0. The summed E-state index contributed by atoms with van der Waals surface area (Å²) in [6.07, 6.45) is 4.28. The van der Waals surface area contributed by atoms with Gasteiger partial charge in [0.15, 0.2) is 0 Å². The summed E-state index contributed by atoms with van der Waals surface area (Å²) in [5.74, 6) is -0.0274. The Kier molecular flexibility index (Phi) is 4.58. The molecule has 2 aliphatic rings. The van der Waals surface area contributed by atoms with Crippen molar-refractivity contribution in [1.29, 1.82) is 0 Å². The molecular weight excluding hydrogens is 232 g/mol. The average molecular weight is 254 g/mol. The molecule has 0 aromatic heterocycles. The third-order valence-electron chi connectivity index (χ3n) is 3.95. The van der Waals surface area contributed by atoms with Crippen molar-refractivity contribution < 1.29 is 14.7 Å². The predicted octanol–water partition coefficient (Wildman–Crippen LogP) is 0.795. The molecule has 1 amide bonds. The normalized spacial score (nSPS) is 24.7. The number of aliphatic carboxylic acids is 1. The summed E-state index contributed by atoms with van der Waals surface area (Å²) in [6.45, 7) is 4.16. The van der Waals surface area contributed by atoms with Gasteiger partial charge in [-0.3, -0.25) is 14.5 Å². The second-order valence-corrected chi connectivity index (χ2v) is 5.41. The quantitative estimate of drug-likeness (QED) is 0.788. The Bertz CT molecular complexity index is 313. The Hall–Kier alpha value is -1.10. The first kappa shape index (κ1) is 13.3. The van der Waals surface area contributed by atoms with Crippen LogP contribution in [-0.4, -0.2) is 59.5 Å². The largest absolute Gasteiger partial charge is 0.481 e. The summed E-state index contributed by atoms with van der Waals surface area (Å²) >= 11 is 0. The fourth-order valence-electron chi connectivity index (χ4n) is 2.88. The number of nitrogens with zero attached hydrogens (tertiary/aromatic N) is 2. The van der Waals surface area contributed by atoms with E-state index in [0.29, 0.717) is 12.5 Å². The topological polar surface area (TPSA) is 60.9 Å². The Morgan fingerprint density at radius 1 is 1.17 bits per heavy atom. The molecule has 2 rings (SSSR count). The molecule has 1 unspecified atom stereocenters.